The van der Waals surface area contributed by atoms with Crippen molar-refractivity contribution < 1.29 is 27.4 Å². The predicted octanol–water partition coefficient (Wildman–Crippen LogP) is 4.54. The van der Waals surface area contributed by atoms with E-state index in [0.29, 0.717) is 5.02 Å². The van der Waals surface area contributed by atoms with Gasteiger partial charge >= 0.3 is 0 Å². The van der Waals surface area contributed by atoms with Crippen molar-refractivity contribution in [2.24, 2.45) is 11.1 Å². The van der Waals surface area contributed by atoms with Crippen LogP contribution >= 0.6 is 34.2 Å². The number of nitrogens with zero attached hydrogens (tertiary/aromatic N) is 1. The number of nitro benzene ring substituents is 1. The van der Waals surface area contributed by atoms with Crippen LogP contribution in [0.1, 0.15) is 16.8 Å². The summed E-state index contributed by atoms with van der Waals surface area (Å²) in [6.45, 7) is 0.163. The Morgan fingerprint density at radius 1 is 1.24 bits per heavy atom. The lowest BCUT2D eigenvalue weighted by Gasteiger charge is -2.12. The monoisotopic (exact) mass is 675 g/mol. The lowest BCUT2D eigenvalue weighted by molar-refractivity contribution is -0.384. The molecule has 0 spiro atoms. The molecule has 0 heterocycles. The molecule has 1 aliphatic carbocycles. The van der Waals surface area contributed by atoms with Gasteiger partial charge in [0.15, 0.2) is 11.5 Å². The van der Waals surface area contributed by atoms with E-state index in [-0.39, 0.29) is 34.7 Å². The van der Waals surface area contributed by atoms with Crippen LogP contribution < -0.4 is 21.3 Å². The number of halogens is 3. The number of nitro groups is 1. The maximum atomic E-state index is 14.9. The summed E-state index contributed by atoms with van der Waals surface area (Å²) in [5, 5.41) is 23.1. The van der Waals surface area contributed by atoms with Gasteiger partial charge in [-0.15, -0.1) is 0 Å². The van der Waals surface area contributed by atoms with E-state index in [4.69, 9.17) is 21.6 Å². The smallest absolute Gasteiger partial charge is 0.296 e. The molecule has 1 saturated carbocycles. The number of carbonyl (C=O) groups is 1. The second kappa shape index (κ2) is 11.4. The van der Waals surface area contributed by atoms with Gasteiger partial charge in [0.05, 0.1) is 32.7 Å². The van der Waals surface area contributed by atoms with E-state index in [1.165, 1.54) is 18.2 Å². The van der Waals surface area contributed by atoms with Gasteiger partial charge in [0.2, 0.25) is 10.0 Å². The fourth-order valence-electron chi connectivity index (χ4n) is 3.57. The zero-order valence-corrected chi connectivity index (χ0v) is 23.0. The molecular weight excluding hydrogens is 656 g/mol. The predicted molar refractivity (Wildman–Crippen MR) is 147 cm³/mol. The minimum Gasteiger partial charge on any atom is -0.381 e. The molecule has 0 bridgehead atoms. The zero-order chi connectivity index (χ0) is 27.6. The summed E-state index contributed by atoms with van der Waals surface area (Å²) in [6.07, 6.45) is 0.783. The van der Waals surface area contributed by atoms with Crippen molar-refractivity contribution in [3.05, 3.63) is 84.7 Å². The molecule has 2 atom stereocenters. The molecule has 3 aromatic rings. The number of hydrogen-bond donors (Lipinski definition) is 4. The summed E-state index contributed by atoms with van der Waals surface area (Å²) in [4.78, 5) is 28.2. The Hall–Kier alpha value is -3.05. The average Bonchev–Trinajstić information content (AvgIpc) is 3.59. The molecule has 11 nitrogen and oxygen atoms in total. The van der Waals surface area contributed by atoms with E-state index in [1.54, 1.807) is 0 Å². The van der Waals surface area contributed by atoms with Crippen LogP contribution in [0.5, 0.6) is 0 Å². The Kier molecular flexibility index (Phi) is 8.37. The number of primary sulfonamides is 1. The van der Waals surface area contributed by atoms with E-state index in [1.807, 2.05) is 18.2 Å². The number of nitrogens with one attached hydrogen (secondary N) is 3. The third-order valence-corrected chi connectivity index (χ3v) is 7.51. The summed E-state index contributed by atoms with van der Waals surface area (Å²) in [5.74, 6) is -1.89. The van der Waals surface area contributed by atoms with Crippen LogP contribution in [-0.4, -0.2) is 31.9 Å². The average molecular weight is 676 g/mol. The number of hydrogen-bond acceptors (Lipinski definition) is 8. The molecule has 15 heteroatoms. The first-order valence-corrected chi connectivity index (χ1v) is 13.9. The van der Waals surface area contributed by atoms with Crippen molar-refractivity contribution >= 4 is 72.9 Å². The van der Waals surface area contributed by atoms with Gasteiger partial charge in [-0.2, -0.15) is 0 Å². The zero-order valence-electron chi connectivity index (χ0n) is 19.3. The van der Waals surface area contributed by atoms with Crippen LogP contribution in [0.2, 0.25) is 5.02 Å². The summed E-state index contributed by atoms with van der Waals surface area (Å²) in [5.41, 5.74) is 1.37. The molecule has 5 N–H and O–H groups in total. The van der Waals surface area contributed by atoms with Crippen LogP contribution in [0.4, 0.5) is 27.1 Å². The second-order valence-electron chi connectivity index (χ2n) is 8.42. The maximum Gasteiger partial charge on any atom is 0.296 e. The molecule has 2 unspecified atom stereocenters. The Morgan fingerprint density at radius 2 is 2.00 bits per heavy atom. The van der Waals surface area contributed by atoms with Crippen molar-refractivity contribution in [2.75, 3.05) is 17.2 Å². The van der Waals surface area contributed by atoms with Gasteiger partial charge in [0.1, 0.15) is 0 Å². The number of carbonyl (C=O) groups excluding carboxylic acids is 1. The van der Waals surface area contributed by atoms with E-state index in [2.05, 4.69) is 38.7 Å². The Bertz CT molecular complexity index is 1530. The lowest BCUT2D eigenvalue weighted by atomic mass is 10.1. The van der Waals surface area contributed by atoms with Crippen molar-refractivity contribution in [1.29, 1.82) is 0 Å². The molecule has 0 saturated heterocycles. The van der Waals surface area contributed by atoms with Crippen molar-refractivity contribution in [1.82, 2.24) is 5.48 Å². The number of nitrogens with two attached hydrogens (primary N) is 1. The van der Waals surface area contributed by atoms with E-state index in [0.717, 1.165) is 33.9 Å². The highest BCUT2D eigenvalue weighted by molar-refractivity contribution is 14.1. The van der Waals surface area contributed by atoms with Gasteiger partial charge in [-0.3, -0.25) is 19.7 Å². The molecule has 200 valence electrons. The van der Waals surface area contributed by atoms with E-state index < -0.39 is 38.0 Å². The van der Waals surface area contributed by atoms with Gasteiger partial charge in [-0.1, -0.05) is 17.7 Å². The van der Waals surface area contributed by atoms with Gasteiger partial charge in [0, 0.05) is 27.3 Å². The lowest BCUT2D eigenvalue weighted by Crippen LogP contribution is -2.25. The molecule has 1 fully saturated rings. The minimum atomic E-state index is -4.05. The van der Waals surface area contributed by atoms with Crippen LogP contribution in [-0.2, 0) is 14.9 Å². The highest BCUT2D eigenvalue weighted by atomic mass is 127. The first kappa shape index (κ1) is 28.0. The van der Waals surface area contributed by atoms with Gasteiger partial charge in [0.25, 0.3) is 11.6 Å². The standard InChI is InChI=1S/C23H20ClFIN5O6S/c24-17-9-14(26)4-5-19(17)29-20-7-13(20)11-37-30-23(32)12-6-18(25)22(21(8-12)31(33)34)28-15-2-1-3-16(10-15)38(27,35)36/h1-6,8-10,13,20,28-29H,7,11H2,(H,30,32)(H2,27,35,36). The van der Waals surface area contributed by atoms with Crippen molar-refractivity contribution in [2.45, 2.75) is 17.4 Å². The number of amides is 1. The van der Waals surface area contributed by atoms with Gasteiger partial charge in [-0.25, -0.2) is 23.4 Å². The van der Waals surface area contributed by atoms with Crippen LogP contribution in [0.25, 0.3) is 0 Å². The molecule has 1 aliphatic rings. The fourth-order valence-corrected chi connectivity index (χ4v) is 5.04. The Balaban J connectivity index is 1.38. The normalized spacial score (nSPS) is 16.5. The minimum absolute atomic E-state index is 0.0400. The molecule has 0 aliphatic heterocycles. The molecule has 1 amide bonds. The molecule has 0 aromatic heterocycles. The van der Waals surface area contributed by atoms with Crippen molar-refractivity contribution in [3.8, 4) is 0 Å². The van der Waals surface area contributed by atoms with Crippen LogP contribution in [0, 0.1) is 25.4 Å². The number of anilines is 3. The highest BCUT2D eigenvalue weighted by Gasteiger charge is 2.38. The quantitative estimate of drug-likeness (QED) is 0.138. The largest absolute Gasteiger partial charge is 0.381 e. The van der Waals surface area contributed by atoms with Crippen LogP contribution in [0.3, 0.4) is 0 Å². The number of sulfonamides is 1. The molecule has 3 aromatic carbocycles. The second-order valence-corrected chi connectivity index (χ2v) is 11.6. The fraction of sp³-hybridized carbons (Fsp3) is 0.174. The first-order valence-electron chi connectivity index (χ1n) is 10.9. The van der Waals surface area contributed by atoms with Gasteiger partial charge < -0.3 is 10.6 Å². The molecular formula is C23H20ClFIN5O6S. The van der Waals surface area contributed by atoms with Crippen molar-refractivity contribution in [3.63, 3.8) is 0 Å². The summed E-state index contributed by atoms with van der Waals surface area (Å²) >= 11 is 8.39. The molecule has 0 radical (unpaired) electrons. The summed E-state index contributed by atoms with van der Waals surface area (Å²) in [7, 11) is -4.05. The highest BCUT2D eigenvalue weighted by Crippen LogP contribution is 2.36. The summed E-state index contributed by atoms with van der Waals surface area (Å²) in [6, 6.07) is 12.4. The Morgan fingerprint density at radius 3 is 2.68 bits per heavy atom. The third kappa shape index (κ3) is 6.87. The molecule has 4 rings (SSSR count). The Labute approximate surface area is 235 Å². The van der Waals surface area contributed by atoms with Crippen LogP contribution in [0.15, 0.2) is 59.5 Å². The summed E-state index contributed by atoms with van der Waals surface area (Å²) < 4.78 is 39.0. The number of rotatable bonds is 10. The van der Waals surface area contributed by atoms with Gasteiger partial charge in [-0.05, 0) is 71.5 Å². The topological polar surface area (TPSA) is 166 Å². The third-order valence-electron chi connectivity index (χ3n) is 5.62. The number of hydroxylamine groups is 1. The number of benzene rings is 3. The molecule has 38 heavy (non-hydrogen) atoms. The van der Waals surface area contributed by atoms with E-state index in [9.17, 15) is 27.7 Å². The SMILES string of the molecule is NS(=O)(=O)c1cccc(Nc2c(F)cc(C(=O)NOCC3CC3Nc3ccc(I)cc3Cl)cc2[N+](=O)[O-])c1. The van der Waals surface area contributed by atoms with E-state index >= 15 is 0 Å². The maximum absolute atomic E-state index is 14.9. The first-order chi connectivity index (χ1) is 17.9.